The highest BCUT2D eigenvalue weighted by atomic mass is 16.6. The number of carbonyl (C=O) groups is 1. The molecule has 0 aliphatic carbocycles. The number of hydrogen-bond donors (Lipinski definition) is 1. The maximum absolute atomic E-state index is 10.4. The molecule has 0 fully saturated rings. The van der Waals surface area contributed by atoms with E-state index in [-0.39, 0.29) is 6.61 Å². The Bertz CT molecular complexity index is 294. The fourth-order valence-corrected chi connectivity index (χ4v) is 1.05. The molecule has 15 heavy (non-hydrogen) atoms. The number of aldehydes is 1. The predicted molar refractivity (Wildman–Crippen MR) is 55.0 cm³/mol. The van der Waals surface area contributed by atoms with Crippen molar-refractivity contribution in [3.05, 3.63) is 29.8 Å². The molecular formula is C11H14O4. The minimum atomic E-state index is -0.916. The molecule has 0 spiro atoms. The standard InChI is InChI=1S/C11H14O4/c1-2-14-11(13)8-15-10-5-3-9(7-12)4-6-10/h3-7,11,13H,2,8H2,1H3. The third kappa shape index (κ3) is 4.10. The third-order valence-corrected chi connectivity index (χ3v) is 1.77. The summed E-state index contributed by atoms with van der Waals surface area (Å²) in [5.74, 6) is 0.597. The molecule has 0 amide bonds. The highest BCUT2D eigenvalue weighted by Crippen LogP contribution is 2.11. The van der Waals surface area contributed by atoms with E-state index in [4.69, 9.17) is 9.47 Å². The Balaban J connectivity index is 2.40. The fraction of sp³-hybridized carbons (Fsp3) is 0.364. The lowest BCUT2D eigenvalue weighted by atomic mass is 10.2. The van der Waals surface area contributed by atoms with Crippen molar-refractivity contribution in [1.29, 1.82) is 0 Å². The molecule has 1 aromatic carbocycles. The van der Waals surface area contributed by atoms with Crippen LogP contribution in [-0.2, 0) is 4.74 Å². The zero-order valence-corrected chi connectivity index (χ0v) is 8.55. The molecule has 1 N–H and O–H groups in total. The lowest BCUT2D eigenvalue weighted by Crippen LogP contribution is -2.20. The Morgan fingerprint density at radius 1 is 1.40 bits per heavy atom. The van der Waals surface area contributed by atoms with Crippen LogP contribution in [0.2, 0.25) is 0 Å². The van der Waals surface area contributed by atoms with Gasteiger partial charge in [-0.2, -0.15) is 0 Å². The van der Waals surface area contributed by atoms with Gasteiger partial charge in [0.2, 0.25) is 0 Å². The summed E-state index contributed by atoms with van der Waals surface area (Å²) in [6.07, 6.45) is -0.153. The van der Waals surface area contributed by atoms with Crippen molar-refractivity contribution in [1.82, 2.24) is 0 Å². The van der Waals surface area contributed by atoms with Crippen LogP contribution in [0.3, 0.4) is 0 Å². The monoisotopic (exact) mass is 210 g/mol. The van der Waals surface area contributed by atoms with Crippen LogP contribution in [0.1, 0.15) is 17.3 Å². The van der Waals surface area contributed by atoms with Crippen LogP contribution in [0.4, 0.5) is 0 Å². The van der Waals surface area contributed by atoms with Gasteiger partial charge in [-0.15, -0.1) is 0 Å². The van der Waals surface area contributed by atoms with Crippen molar-refractivity contribution in [3.8, 4) is 5.75 Å². The minimum Gasteiger partial charge on any atom is -0.488 e. The summed E-state index contributed by atoms with van der Waals surface area (Å²) >= 11 is 0. The Labute approximate surface area is 88.4 Å². The van der Waals surface area contributed by atoms with Crippen molar-refractivity contribution >= 4 is 6.29 Å². The zero-order chi connectivity index (χ0) is 11.1. The molecule has 0 saturated heterocycles. The number of hydrogen-bond acceptors (Lipinski definition) is 4. The van der Waals surface area contributed by atoms with Gasteiger partial charge in [0.25, 0.3) is 0 Å². The molecule has 1 atom stereocenters. The molecule has 0 bridgehead atoms. The van der Waals surface area contributed by atoms with Crippen molar-refractivity contribution in [2.45, 2.75) is 13.2 Å². The Morgan fingerprint density at radius 2 is 2.07 bits per heavy atom. The van der Waals surface area contributed by atoms with Crippen LogP contribution in [0.15, 0.2) is 24.3 Å². The molecule has 1 rings (SSSR count). The van der Waals surface area contributed by atoms with Crippen molar-refractivity contribution in [3.63, 3.8) is 0 Å². The van der Waals surface area contributed by atoms with Crippen LogP contribution in [-0.4, -0.2) is 30.9 Å². The van der Waals surface area contributed by atoms with Gasteiger partial charge in [-0.1, -0.05) is 0 Å². The average molecular weight is 210 g/mol. The van der Waals surface area contributed by atoms with Gasteiger partial charge in [0.05, 0.1) is 0 Å². The van der Waals surface area contributed by atoms with Crippen LogP contribution >= 0.6 is 0 Å². The normalized spacial score (nSPS) is 12.1. The van der Waals surface area contributed by atoms with Crippen LogP contribution < -0.4 is 4.74 Å². The second-order valence-corrected chi connectivity index (χ2v) is 2.91. The Morgan fingerprint density at radius 3 is 2.60 bits per heavy atom. The number of rotatable bonds is 6. The van der Waals surface area contributed by atoms with Crippen molar-refractivity contribution in [2.24, 2.45) is 0 Å². The van der Waals surface area contributed by atoms with E-state index in [1.54, 1.807) is 31.2 Å². The summed E-state index contributed by atoms with van der Waals surface area (Å²) in [4.78, 5) is 10.4. The van der Waals surface area contributed by atoms with Gasteiger partial charge in [0.1, 0.15) is 18.6 Å². The molecule has 0 aliphatic heterocycles. The number of carbonyl (C=O) groups excluding carboxylic acids is 1. The second kappa shape index (κ2) is 6.16. The van der Waals surface area contributed by atoms with E-state index in [0.717, 1.165) is 6.29 Å². The van der Waals surface area contributed by atoms with Gasteiger partial charge in [-0.3, -0.25) is 4.79 Å². The highest BCUT2D eigenvalue weighted by Gasteiger charge is 2.03. The quantitative estimate of drug-likeness (QED) is 0.566. The van der Waals surface area contributed by atoms with Crippen molar-refractivity contribution < 1.29 is 19.4 Å². The van der Waals surface area contributed by atoms with Gasteiger partial charge < -0.3 is 14.6 Å². The zero-order valence-electron chi connectivity index (χ0n) is 8.55. The lowest BCUT2D eigenvalue weighted by Gasteiger charge is -2.11. The molecule has 0 aromatic heterocycles. The first-order valence-electron chi connectivity index (χ1n) is 4.74. The summed E-state index contributed by atoms with van der Waals surface area (Å²) in [5.41, 5.74) is 0.590. The predicted octanol–water partition coefficient (Wildman–Crippen LogP) is 1.23. The SMILES string of the molecule is CCOC(O)COc1ccc(C=O)cc1. The van der Waals surface area contributed by atoms with E-state index in [2.05, 4.69) is 0 Å². The molecule has 4 heteroatoms. The van der Waals surface area contributed by atoms with Crippen molar-refractivity contribution in [2.75, 3.05) is 13.2 Å². The molecule has 4 nitrogen and oxygen atoms in total. The van der Waals surface area contributed by atoms with Gasteiger partial charge in [-0.05, 0) is 31.2 Å². The van der Waals surface area contributed by atoms with E-state index < -0.39 is 6.29 Å². The summed E-state index contributed by atoms with van der Waals surface area (Å²) in [5, 5.41) is 9.21. The van der Waals surface area contributed by atoms with E-state index >= 15 is 0 Å². The smallest absolute Gasteiger partial charge is 0.189 e. The number of benzene rings is 1. The molecule has 0 heterocycles. The fourth-order valence-electron chi connectivity index (χ4n) is 1.05. The Hall–Kier alpha value is -1.39. The average Bonchev–Trinajstić information content (AvgIpc) is 2.27. The van der Waals surface area contributed by atoms with Crippen LogP contribution in [0.25, 0.3) is 0 Å². The van der Waals surface area contributed by atoms with E-state index in [1.165, 1.54) is 0 Å². The largest absolute Gasteiger partial charge is 0.488 e. The molecule has 0 saturated carbocycles. The minimum absolute atomic E-state index is 0.0777. The molecular weight excluding hydrogens is 196 g/mol. The lowest BCUT2D eigenvalue weighted by molar-refractivity contribution is -0.115. The van der Waals surface area contributed by atoms with Gasteiger partial charge >= 0.3 is 0 Å². The summed E-state index contributed by atoms with van der Waals surface area (Å²) in [6.45, 7) is 2.31. The number of aliphatic hydroxyl groups excluding tert-OH is 1. The molecule has 0 aliphatic rings. The molecule has 82 valence electrons. The van der Waals surface area contributed by atoms with Crippen LogP contribution in [0, 0.1) is 0 Å². The van der Waals surface area contributed by atoms with Gasteiger partial charge in [0, 0.05) is 12.2 Å². The van der Waals surface area contributed by atoms with E-state index in [9.17, 15) is 9.90 Å². The van der Waals surface area contributed by atoms with E-state index in [0.29, 0.717) is 17.9 Å². The summed E-state index contributed by atoms with van der Waals surface area (Å²) in [6, 6.07) is 6.63. The maximum Gasteiger partial charge on any atom is 0.189 e. The topological polar surface area (TPSA) is 55.8 Å². The van der Waals surface area contributed by atoms with E-state index in [1.807, 2.05) is 0 Å². The molecule has 1 unspecified atom stereocenters. The summed E-state index contributed by atoms with van der Waals surface area (Å²) < 4.78 is 10.1. The third-order valence-electron chi connectivity index (χ3n) is 1.77. The first kappa shape index (κ1) is 11.7. The number of ether oxygens (including phenoxy) is 2. The van der Waals surface area contributed by atoms with Gasteiger partial charge in [-0.25, -0.2) is 0 Å². The van der Waals surface area contributed by atoms with Gasteiger partial charge in [0.15, 0.2) is 6.29 Å². The highest BCUT2D eigenvalue weighted by molar-refractivity contribution is 5.74. The first-order chi connectivity index (χ1) is 7.26. The van der Waals surface area contributed by atoms with Crippen LogP contribution in [0.5, 0.6) is 5.75 Å². The molecule has 1 aromatic rings. The number of aliphatic hydroxyl groups is 1. The maximum atomic E-state index is 10.4. The first-order valence-corrected chi connectivity index (χ1v) is 4.74. The second-order valence-electron chi connectivity index (χ2n) is 2.91. The molecule has 0 radical (unpaired) electrons. The Kier molecular flexibility index (Phi) is 4.80. The summed E-state index contributed by atoms with van der Waals surface area (Å²) in [7, 11) is 0.